The Morgan fingerprint density at radius 3 is 2.81 bits per heavy atom. The molecule has 0 spiro atoms. The van der Waals surface area contributed by atoms with E-state index in [0.717, 1.165) is 39.3 Å². The average Bonchev–Trinajstić information content (AvgIpc) is 2.63. The molecule has 2 amide bonds. The van der Waals surface area contributed by atoms with Gasteiger partial charge in [0, 0.05) is 37.9 Å². The number of nitrogens with zero attached hydrogens (tertiary/aromatic N) is 2. The van der Waals surface area contributed by atoms with Crippen molar-refractivity contribution in [2.75, 3.05) is 46.0 Å². The molecule has 26 heavy (non-hydrogen) atoms. The molecule has 0 unspecified atom stereocenters. The summed E-state index contributed by atoms with van der Waals surface area (Å²) in [6.45, 7) is 3.24. The Balaban J connectivity index is 1.66. The number of hydrogen-bond acceptors (Lipinski definition) is 5. The molecule has 10 heteroatoms. The number of pyridine rings is 1. The van der Waals surface area contributed by atoms with Gasteiger partial charge in [-0.3, -0.25) is 4.90 Å². The van der Waals surface area contributed by atoms with Gasteiger partial charge in [0.1, 0.15) is 0 Å². The van der Waals surface area contributed by atoms with Gasteiger partial charge < -0.3 is 20.1 Å². The second-order valence-corrected chi connectivity index (χ2v) is 5.79. The molecule has 2 heterocycles. The molecule has 2 rings (SSSR count). The van der Waals surface area contributed by atoms with Crippen molar-refractivity contribution in [1.82, 2.24) is 20.5 Å². The summed E-state index contributed by atoms with van der Waals surface area (Å²) in [4.78, 5) is 17.8. The Morgan fingerprint density at radius 1 is 1.31 bits per heavy atom. The summed E-state index contributed by atoms with van der Waals surface area (Å²) in [5.74, 6) is -0.141. The van der Waals surface area contributed by atoms with Crippen molar-refractivity contribution in [2.24, 2.45) is 0 Å². The van der Waals surface area contributed by atoms with Crippen molar-refractivity contribution < 1.29 is 27.4 Å². The first kappa shape index (κ1) is 20.2. The number of amides is 2. The average molecular weight is 376 g/mol. The smallest absolute Gasteiger partial charge is 0.422 e. The molecule has 0 bridgehead atoms. The van der Waals surface area contributed by atoms with Crippen molar-refractivity contribution in [3.05, 3.63) is 23.9 Å². The van der Waals surface area contributed by atoms with Crippen LogP contribution < -0.4 is 15.4 Å². The molecule has 2 N–H and O–H groups in total. The normalized spacial score (nSPS) is 15.5. The Kier molecular flexibility index (Phi) is 7.92. The van der Waals surface area contributed by atoms with E-state index < -0.39 is 18.8 Å². The number of aromatic nitrogens is 1. The summed E-state index contributed by atoms with van der Waals surface area (Å²) < 4.78 is 46.7. The van der Waals surface area contributed by atoms with Crippen LogP contribution in [0.15, 0.2) is 18.3 Å². The van der Waals surface area contributed by atoms with Gasteiger partial charge in [-0.1, -0.05) is 6.07 Å². The summed E-state index contributed by atoms with van der Waals surface area (Å²) in [5, 5.41) is 5.31. The van der Waals surface area contributed by atoms with Crippen LogP contribution in [0.1, 0.15) is 12.0 Å². The van der Waals surface area contributed by atoms with Crippen LogP contribution in [0.2, 0.25) is 0 Å². The van der Waals surface area contributed by atoms with Crippen LogP contribution in [0.4, 0.5) is 18.0 Å². The Bertz CT molecular complexity index is 566. The van der Waals surface area contributed by atoms with Gasteiger partial charge in [-0.15, -0.1) is 0 Å². The topological polar surface area (TPSA) is 75.7 Å². The lowest BCUT2D eigenvalue weighted by Gasteiger charge is -2.26. The molecular formula is C16H23F3N4O3. The predicted octanol–water partition coefficient (Wildman–Crippen LogP) is 1.54. The van der Waals surface area contributed by atoms with Crippen molar-refractivity contribution in [3.63, 3.8) is 0 Å². The second kappa shape index (κ2) is 10.2. The summed E-state index contributed by atoms with van der Waals surface area (Å²) in [7, 11) is 0. The van der Waals surface area contributed by atoms with E-state index in [2.05, 4.69) is 25.3 Å². The zero-order valence-corrected chi connectivity index (χ0v) is 14.3. The van der Waals surface area contributed by atoms with Crippen molar-refractivity contribution in [3.8, 4) is 5.88 Å². The molecule has 0 atom stereocenters. The maximum Gasteiger partial charge on any atom is 0.422 e. The van der Waals surface area contributed by atoms with E-state index in [1.54, 1.807) is 12.1 Å². The maximum absolute atomic E-state index is 12.3. The lowest BCUT2D eigenvalue weighted by atomic mass is 10.2. The number of nitrogens with one attached hydrogen (secondary N) is 2. The van der Waals surface area contributed by atoms with Crippen LogP contribution >= 0.6 is 0 Å². The lowest BCUT2D eigenvalue weighted by molar-refractivity contribution is -0.154. The van der Waals surface area contributed by atoms with Crippen LogP contribution in [-0.2, 0) is 11.3 Å². The molecule has 0 aromatic carbocycles. The third-order valence-corrected chi connectivity index (χ3v) is 3.70. The Hall–Kier alpha value is -2.07. The second-order valence-electron chi connectivity index (χ2n) is 5.79. The van der Waals surface area contributed by atoms with E-state index in [4.69, 9.17) is 4.74 Å². The van der Waals surface area contributed by atoms with Gasteiger partial charge in [-0.25, -0.2) is 9.78 Å². The van der Waals surface area contributed by atoms with Crippen LogP contribution in [-0.4, -0.2) is 68.1 Å². The summed E-state index contributed by atoms with van der Waals surface area (Å²) in [6.07, 6.45) is -2.30. The van der Waals surface area contributed by atoms with Gasteiger partial charge in [-0.2, -0.15) is 13.2 Å². The SMILES string of the molecule is O=C(NCCCN1CCOCC1)NCc1cccnc1OCC(F)(F)F. The highest BCUT2D eigenvalue weighted by Crippen LogP contribution is 2.19. The van der Waals surface area contributed by atoms with E-state index in [1.165, 1.54) is 6.20 Å². The highest BCUT2D eigenvalue weighted by atomic mass is 19.4. The number of alkyl halides is 3. The summed E-state index contributed by atoms with van der Waals surface area (Å²) in [6, 6.07) is 2.73. The maximum atomic E-state index is 12.3. The van der Waals surface area contributed by atoms with E-state index in [9.17, 15) is 18.0 Å². The van der Waals surface area contributed by atoms with E-state index in [0.29, 0.717) is 12.1 Å². The van der Waals surface area contributed by atoms with Gasteiger partial charge in [-0.05, 0) is 19.0 Å². The zero-order valence-electron chi connectivity index (χ0n) is 14.3. The van der Waals surface area contributed by atoms with Crippen LogP contribution in [0.3, 0.4) is 0 Å². The fraction of sp³-hybridized carbons (Fsp3) is 0.625. The Labute approximate surface area is 149 Å². The molecule has 146 valence electrons. The van der Waals surface area contributed by atoms with Gasteiger partial charge in [0.25, 0.3) is 0 Å². The third kappa shape index (κ3) is 7.87. The molecule has 1 fully saturated rings. The third-order valence-electron chi connectivity index (χ3n) is 3.70. The highest BCUT2D eigenvalue weighted by Gasteiger charge is 2.29. The molecule has 0 aliphatic carbocycles. The minimum absolute atomic E-state index is 0.0241. The molecule has 1 saturated heterocycles. The highest BCUT2D eigenvalue weighted by molar-refractivity contribution is 5.73. The van der Waals surface area contributed by atoms with Gasteiger partial charge >= 0.3 is 12.2 Å². The fourth-order valence-electron chi connectivity index (χ4n) is 2.41. The standard InChI is InChI=1S/C16H23F3N4O3/c17-16(18,19)12-26-14-13(3-1-4-20-14)11-22-15(24)21-5-2-6-23-7-9-25-10-8-23/h1,3-4H,2,5-12H2,(H2,21,22,24). The minimum atomic E-state index is -4.44. The number of hydrogen-bond donors (Lipinski definition) is 2. The fourth-order valence-corrected chi connectivity index (χ4v) is 2.41. The molecule has 7 nitrogen and oxygen atoms in total. The summed E-state index contributed by atoms with van der Waals surface area (Å²) >= 11 is 0. The molecule has 1 aliphatic heterocycles. The number of morpholine rings is 1. The van der Waals surface area contributed by atoms with E-state index >= 15 is 0 Å². The van der Waals surface area contributed by atoms with E-state index in [1.807, 2.05) is 0 Å². The van der Waals surface area contributed by atoms with Gasteiger partial charge in [0.05, 0.1) is 13.2 Å². The predicted molar refractivity (Wildman–Crippen MR) is 87.9 cm³/mol. The molecule has 1 aromatic heterocycles. The van der Waals surface area contributed by atoms with Crippen LogP contribution in [0, 0.1) is 0 Å². The monoisotopic (exact) mass is 376 g/mol. The molecular weight excluding hydrogens is 353 g/mol. The van der Waals surface area contributed by atoms with E-state index in [-0.39, 0.29) is 12.4 Å². The number of carbonyl (C=O) groups excluding carboxylic acids is 1. The largest absolute Gasteiger partial charge is 0.468 e. The van der Waals surface area contributed by atoms with Gasteiger partial charge in [0.2, 0.25) is 5.88 Å². The molecule has 1 aliphatic rings. The van der Waals surface area contributed by atoms with Gasteiger partial charge in [0.15, 0.2) is 6.61 Å². The number of urea groups is 1. The number of halogens is 3. The van der Waals surface area contributed by atoms with Crippen molar-refractivity contribution in [2.45, 2.75) is 19.1 Å². The zero-order chi connectivity index (χ0) is 18.8. The number of ether oxygens (including phenoxy) is 2. The number of rotatable bonds is 8. The Morgan fingerprint density at radius 2 is 2.08 bits per heavy atom. The number of carbonyl (C=O) groups is 1. The first-order valence-corrected chi connectivity index (χ1v) is 8.39. The van der Waals surface area contributed by atoms with Crippen molar-refractivity contribution >= 4 is 6.03 Å². The van der Waals surface area contributed by atoms with Crippen LogP contribution in [0.5, 0.6) is 5.88 Å². The summed E-state index contributed by atoms with van der Waals surface area (Å²) in [5.41, 5.74) is 0.375. The molecule has 0 radical (unpaired) electrons. The first-order valence-electron chi connectivity index (χ1n) is 8.39. The molecule has 1 aromatic rings. The van der Waals surface area contributed by atoms with Crippen LogP contribution in [0.25, 0.3) is 0 Å². The lowest BCUT2D eigenvalue weighted by Crippen LogP contribution is -2.39. The molecule has 0 saturated carbocycles. The quantitative estimate of drug-likeness (QED) is 0.674. The first-order chi connectivity index (χ1) is 12.4. The van der Waals surface area contributed by atoms with Crippen molar-refractivity contribution in [1.29, 1.82) is 0 Å². The minimum Gasteiger partial charge on any atom is -0.468 e.